The van der Waals surface area contributed by atoms with E-state index in [2.05, 4.69) is 20.2 Å². The molecule has 0 N–H and O–H groups in total. The van der Waals surface area contributed by atoms with E-state index in [9.17, 15) is 13.2 Å². The molecule has 2 fully saturated rings. The van der Waals surface area contributed by atoms with Gasteiger partial charge in [-0.25, -0.2) is 23.4 Å². The van der Waals surface area contributed by atoms with Gasteiger partial charge in [0.05, 0.1) is 28.8 Å². The highest BCUT2D eigenvalue weighted by Crippen LogP contribution is 2.37. The Kier molecular flexibility index (Phi) is 8.54. The van der Waals surface area contributed by atoms with Crippen LogP contribution in [0.15, 0.2) is 17.6 Å². The van der Waals surface area contributed by atoms with Crippen LogP contribution < -0.4 is 9.64 Å². The first-order valence-electron chi connectivity index (χ1n) is 14.2. The molecule has 0 atom stereocenters. The molecule has 0 aromatic carbocycles. The molecule has 3 aromatic rings. The SMILES string of the molecule is COc1ncc(-c2nc(N3CCCCC3)nc3c(CN4CCN(C(=O)C(C)(C)C)CC4)csc23)cc1CS(C)(=O)=O. The van der Waals surface area contributed by atoms with Crippen LogP contribution in [0.1, 0.15) is 51.2 Å². The van der Waals surface area contributed by atoms with Crippen LogP contribution >= 0.6 is 11.3 Å². The van der Waals surface area contributed by atoms with Crippen molar-refractivity contribution in [3.05, 3.63) is 28.8 Å². The number of nitrogens with zero attached hydrogens (tertiary/aromatic N) is 6. The fourth-order valence-electron chi connectivity index (χ4n) is 5.52. The summed E-state index contributed by atoms with van der Waals surface area (Å²) >= 11 is 1.61. The van der Waals surface area contributed by atoms with Gasteiger partial charge in [0, 0.05) is 80.4 Å². The van der Waals surface area contributed by atoms with E-state index >= 15 is 0 Å². The summed E-state index contributed by atoms with van der Waals surface area (Å²) in [5, 5.41) is 2.16. The van der Waals surface area contributed by atoms with Crippen molar-refractivity contribution in [3.8, 4) is 17.1 Å². The molecule has 0 radical (unpaired) electrons. The number of aromatic nitrogens is 3. The zero-order valence-corrected chi connectivity index (χ0v) is 26.3. The van der Waals surface area contributed by atoms with E-state index in [4.69, 9.17) is 14.7 Å². The second-order valence-electron chi connectivity index (χ2n) is 12.1. The topological polar surface area (TPSA) is 109 Å². The summed E-state index contributed by atoms with van der Waals surface area (Å²) in [5.74, 6) is 1.04. The second kappa shape index (κ2) is 11.8. The molecule has 222 valence electrons. The van der Waals surface area contributed by atoms with Crippen molar-refractivity contribution in [2.75, 3.05) is 57.5 Å². The molecule has 0 unspecified atom stereocenters. The summed E-state index contributed by atoms with van der Waals surface area (Å²) in [7, 11) is -1.80. The molecule has 2 aliphatic rings. The third-order valence-corrected chi connectivity index (χ3v) is 9.48. The van der Waals surface area contributed by atoms with Gasteiger partial charge in [0.25, 0.3) is 0 Å². The van der Waals surface area contributed by atoms with Gasteiger partial charge in [0.15, 0.2) is 9.84 Å². The molecule has 0 aliphatic carbocycles. The normalized spacial score (nSPS) is 17.3. The highest BCUT2D eigenvalue weighted by atomic mass is 32.2. The number of ether oxygens (including phenoxy) is 1. The summed E-state index contributed by atoms with van der Waals surface area (Å²) in [6, 6.07) is 1.83. The van der Waals surface area contributed by atoms with Crippen LogP contribution in [0.4, 0.5) is 5.95 Å². The Morgan fingerprint density at radius 2 is 1.73 bits per heavy atom. The lowest BCUT2D eigenvalue weighted by Crippen LogP contribution is -2.51. The summed E-state index contributed by atoms with van der Waals surface area (Å²) in [5.41, 5.74) is 3.71. The maximum atomic E-state index is 12.8. The molecular weight excluding hydrogens is 560 g/mol. The molecular formula is C29H40N6O4S2. The van der Waals surface area contributed by atoms with Crippen LogP contribution in [0.2, 0.25) is 0 Å². The average molecular weight is 601 g/mol. The van der Waals surface area contributed by atoms with Crippen LogP contribution in [-0.4, -0.2) is 91.7 Å². The van der Waals surface area contributed by atoms with E-state index in [-0.39, 0.29) is 17.1 Å². The summed E-state index contributed by atoms with van der Waals surface area (Å²) in [6.07, 6.45) is 6.33. The van der Waals surface area contributed by atoms with Gasteiger partial charge in [-0.3, -0.25) is 9.69 Å². The molecule has 5 heterocycles. The predicted octanol–water partition coefficient (Wildman–Crippen LogP) is 3.99. The molecule has 0 saturated carbocycles. The van der Waals surface area contributed by atoms with Crippen molar-refractivity contribution in [2.45, 2.75) is 52.3 Å². The lowest BCUT2D eigenvalue weighted by Gasteiger charge is -2.37. The number of piperazine rings is 1. The largest absolute Gasteiger partial charge is 0.481 e. The van der Waals surface area contributed by atoms with E-state index < -0.39 is 9.84 Å². The van der Waals surface area contributed by atoms with E-state index in [1.807, 2.05) is 31.7 Å². The number of fused-ring (bicyclic) bond motifs is 1. The lowest BCUT2D eigenvalue weighted by molar-refractivity contribution is -0.141. The minimum Gasteiger partial charge on any atom is -0.481 e. The number of carbonyl (C=O) groups is 1. The molecule has 2 saturated heterocycles. The number of piperidine rings is 1. The molecule has 1 amide bonds. The van der Waals surface area contributed by atoms with Crippen LogP contribution in [0.3, 0.4) is 0 Å². The van der Waals surface area contributed by atoms with Gasteiger partial charge in [0.2, 0.25) is 17.7 Å². The summed E-state index contributed by atoms with van der Waals surface area (Å²) in [6.45, 7) is 11.5. The number of sulfone groups is 1. The first-order valence-corrected chi connectivity index (χ1v) is 17.1. The quantitative estimate of drug-likeness (QED) is 0.398. The van der Waals surface area contributed by atoms with Gasteiger partial charge in [-0.15, -0.1) is 11.3 Å². The highest BCUT2D eigenvalue weighted by molar-refractivity contribution is 7.89. The van der Waals surface area contributed by atoms with Crippen LogP contribution in [0, 0.1) is 5.41 Å². The molecule has 10 nitrogen and oxygen atoms in total. The van der Waals surface area contributed by atoms with E-state index in [1.54, 1.807) is 17.5 Å². The monoisotopic (exact) mass is 600 g/mol. The van der Waals surface area contributed by atoms with Crippen LogP contribution in [0.5, 0.6) is 5.88 Å². The number of rotatable bonds is 7. The Balaban J connectivity index is 1.49. The van der Waals surface area contributed by atoms with E-state index in [0.29, 0.717) is 17.4 Å². The minimum absolute atomic E-state index is 0.163. The van der Waals surface area contributed by atoms with Crippen molar-refractivity contribution in [1.29, 1.82) is 0 Å². The number of hydrogen-bond donors (Lipinski definition) is 0. The van der Waals surface area contributed by atoms with Crippen LogP contribution in [0.25, 0.3) is 21.5 Å². The number of amides is 1. The predicted molar refractivity (Wildman–Crippen MR) is 163 cm³/mol. The van der Waals surface area contributed by atoms with Gasteiger partial charge < -0.3 is 14.5 Å². The second-order valence-corrected chi connectivity index (χ2v) is 15.2. The van der Waals surface area contributed by atoms with Gasteiger partial charge in [-0.1, -0.05) is 20.8 Å². The molecule has 41 heavy (non-hydrogen) atoms. The number of carbonyl (C=O) groups excluding carboxylic acids is 1. The maximum Gasteiger partial charge on any atom is 0.228 e. The number of methoxy groups -OCH3 is 1. The van der Waals surface area contributed by atoms with Crippen LogP contribution in [-0.2, 0) is 26.9 Å². The molecule has 0 bridgehead atoms. The average Bonchev–Trinajstić information content (AvgIpc) is 3.34. The Labute approximate surface area is 246 Å². The van der Waals surface area contributed by atoms with Crippen molar-refractivity contribution >= 4 is 43.2 Å². The maximum absolute atomic E-state index is 12.8. The van der Waals surface area contributed by atoms with Crippen molar-refractivity contribution in [1.82, 2.24) is 24.8 Å². The van der Waals surface area contributed by atoms with Gasteiger partial charge >= 0.3 is 0 Å². The molecule has 2 aliphatic heterocycles. The van der Waals surface area contributed by atoms with Gasteiger partial charge in [-0.2, -0.15) is 0 Å². The van der Waals surface area contributed by atoms with Gasteiger partial charge in [0.1, 0.15) is 0 Å². The first kappa shape index (κ1) is 29.7. The third kappa shape index (κ3) is 6.81. The zero-order chi connectivity index (χ0) is 29.4. The Morgan fingerprint density at radius 1 is 1.02 bits per heavy atom. The van der Waals surface area contributed by atoms with Gasteiger partial charge in [-0.05, 0) is 30.7 Å². The Morgan fingerprint density at radius 3 is 2.37 bits per heavy atom. The number of thiophene rings is 1. The van der Waals surface area contributed by atoms with Crippen molar-refractivity contribution in [2.24, 2.45) is 5.41 Å². The smallest absolute Gasteiger partial charge is 0.228 e. The fourth-order valence-corrected chi connectivity index (χ4v) is 7.30. The van der Waals surface area contributed by atoms with Crippen molar-refractivity contribution in [3.63, 3.8) is 0 Å². The van der Waals surface area contributed by atoms with Crippen molar-refractivity contribution < 1.29 is 17.9 Å². The third-order valence-electron chi connectivity index (χ3n) is 7.62. The Bertz CT molecular complexity index is 1520. The highest BCUT2D eigenvalue weighted by Gasteiger charge is 2.30. The molecule has 5 rings (SSSR count). The number of anilines is 1. The van der Waals surface area contributed by atoms with E-state index in [1.165, 1.54) is 19.8 Å². The summed E-state index contributed by atoms with van der Waals surface area (Å²) < 4.78 is 30.6. The molecule has 0 spiro atoms. The number of hydrogen-bond acceptors (Lipinski definition) is 10. The zero-order valence-electron chi connectivity index (χ0n) is 24.6. The Hall–Kier alpha value is -2.83. The minimum atomic E-state index is -3.29. The van der Waals surface area contributed by atoms with E-state index in [0.717, 1.165) is 85.7 Å². The molecule has 12 heteroatoms. The fraction of sp³-hybridized carbons (Fsp3) is 0.586. The first-order chi connectivity index (χ1) is 19.4. The summed E-state index contributed by atoms with van der Waals surface area (Å²) in [4.78, 5) is 33.9. The lowest BCUT2D eigenvalue weighted by atomic mass is 9.94. The molecule has 3 aromatic heterocycles. The number of pyridine rings is 1. The standard InChI is InChI=1S/C29H40N6O4S2/c1-29(2,3)27(36)34-13-11-33(12-14-34)17-22-18-40-25-23(31-28(32-24(22)25)35-9-7-6-8-10-35)20-15-21(19-41(5,37)38)26(39-4)30-16-20/h15-16,18H,6-14,17,19H2,1-5H3.